The van der Waals surface area contributed by atoms with Gasteiger partial charge in [-0.25, -0.2) is 4.79 Å². The van der Waals surface area contributed by atoms with Crippen molar-refractivity contribution in [3.05, 3.63) is 70.8 Å². The van der Waals surface area contributed by atoms with Crippen LogP contribution in [0.2, 0.25) is 0 Å². The number of carbonyl (C=O) groups is 3. The zero-order valence-electron chi connectivity index (χ0n) is 17.7. The van der Waals surface area contributed by atoms with Crippen LogP contribution in [0.15, 0.2) is 48.5 Å². The highest BCUT2D eigenvalue weighted by molar-refractivity contribution is 6.21. The molecule has 5 nitrogen and oxygen atoms in total. The second kappa shape index (κ2) is 7.38. The fourth-order valence-corrected chi connectivity index (χ4v) is 4.48. The number of nitrogens with zero attached hydrogens (tertiary/aromatic N) is 1. The van der Waals surface area contributed by atoms with Gasteiger partial charge in [-0.1, -0.05) is 81.5 Å². The molecule has 2 amide bonds. The van der Waals surface area contributed by atoms with Crippen LogP contribution in [0.5, 0.6) is 0 Å². The van der Waals surface area contributed by atoms with Crippen molar-refractivity contribution in [3.63, 3.8) is 0 Å². The molecule has 1 saturated carbocycles. The molecule has 1 fully saturated rings. The molecule has 0 bridgehead atoms. The van der Waals surface area contributed by atoms with Gasteiger partial charge >= 0.3 is 5.97 Å². The first kappa shape index (κ1) is 20.3. The summed E-state index contributed by atoms with van der Waals surface area (Å²) in [6.45, 7) is 6.44. The van der Waals surface area contributed by atoms with E-state index in [1.165, 1.54) is 5.56 Å². The molecule has 4 rings (SSSR count). The molecule has 5 heteroatoms. The van der Waals surface area contributed by atoms with Gasteiger partial charge in [-0.2, -0.15) is 0 Å². The second-order valence-electron chi connectivity index (χ2n) is 9.30. The summed E-state index contributed by atoms with van der Waals surface area (Å²) >= 11 is 0. The Morgan fingerprint density at radius 3 is 1.90 bits per heavy atom. The summed E-state index contributed by atoms with van der Waals surface area (Å²) in [7, 11) is 0. The van der Waals surface area contributed by atoms with Gasteiger partial charge in [0.15, 0.2) is 0 Å². The largest absolute Gasteiger partial charge is 0.343 e. The van der Waals surface area contributed by atoms with Crippen molar-refractivity contribution in [2.75, 3.05) is 0 Å². The maximum atomic E-state index is 13.4. The van der Waals surface area contributed by atoms with Crippen molar-refractivity contribution < 1.29 is 19.2 Å². The van der Waals surface area contributed by atoms with Crippen LogP contribution in [-0.4, -0.2) is 22.8 Å². The van der Waals surface area contributed by atoms with Crippen LogP contribution < -0.4 is 0 Å². The van der Waals surface area contributed by atoms with Crippen LogP contribution in [0, 0.1) is 0 Å². The topological polar surface area (TPSA) is 63.7 Å². The normalized spacial score (nSPS) is 18.3. The number of hydrogen-bond acceptors (Lipinski definition) is 4. The third-order valence-electron chi connectivity index (χ3n) is 6.33. The van der Waals surface area contributed by atoms with E-state index in [1.807, 2.05) is 12.1 Å². The smallest absolute Gasteiger partial charge is 0.329 e. The van der Waals surface area contributed by atoms with Crippen molar-refractivity contribution >= 4 is 17.8 Å². The fourth-order valence-electron chi connectivity index (χ4n) is 4.48. The van der Waals surface area contributed by atoms with Gasteiger partial charge in [0.05, 0.1) is 16.5 Å². The molecule has 2 aromatic carbocycles. The van der Waals surface area contributed by atoms with Crippen LogP contribution >= 0.6 is 0 Å². The molecular formula is C25H27NO4. The predicted octanol–water partition coefficient (Wildman–Crippen LogP) is 4.94. The van der Waals surface area contributed by atoms with Gasteiger partial charge in [-0.05, 0) is 41.5 Å². The van der Waals surface area contributed by atoms with Crippen LogP contribution in [0.1, 0.15) is 84.7 Å². The molecule has 2 aliphatic rings. The molecule has 0 radical (unpaired) electrons. The highest BCUT2D eigenvalue weighted by Crippen LogP contribution is 2.42. The molecule has 0 aromatic heterocycles. The first-order chi connectivity index (χ1) is 14.2. The van der Waals surface area contributed by atoms with Crippen LogP contribution in [0.3, 0.4) is 0 Å². The highest BCUT2D eigenvalue weighted by Gasteiger charge is 2.47. The molecule has 0 unspecified atom stereocenters. The quantitative estimate of drug-likeness (QED) is 0.679. The summed E-state index contributed by atoms with van der Waals surface area (Å²) < 4.78 is 0. The number of hydrogen-bond donors (Lipinski definition) is 0. The zero-order valence-corrected chi connectivity index (χ0v) is 17.7. The van der Waals surface area contributed by atoms with Gasteiger partial charge in [-0.3, -0.25) is 9.59 Å². The van der Waals surface area contributed by atoms with Crippen molar-refractivity contribution in [1.29, 1.82) is 0 Å². The standard InChI is InChI=1S/C25H27NO4/c1-24(2,3)17-11-13-18(14-12-17)25(15-7-4-8-16-25)23(29)30-26-21(27)19-9-5-6-10-20(19)22(26)28/h5-6,9-14H,4,7-8,15-16H2,1-3H3. The van der Waals surface area contributed by atoms with Crippen LogP contribution in [0.25, 0.3) is 0 Å². The highest BCUT2D eigenvalue weighted by atomic mass is 16.7. The number of rotatable bonds is 3. The second-order valence-corrected chi connectivity index (χ2v) is 9.30. The van der Waals surface area contributed by atoms with E-state index in [-0.39, 0.29) is 16.5 Å². The lowest BCUT2D eigenvalue weighted by atomic mass is 9.69. The van der Waals surface area contributed by atoms with E-state index in [1.54, 1.807) is 24.3 Å². The first-order valence-corrected chi connectivity index (χ1v) is 10.6. The Bertz CT molecular complexity index is 960. The van der Waals surface area contributed by atoms with Gasteiger partial charge < -0.3 is 4.84 Å². The van der Waals surface area contributed by atoms with Gasteiger partial charge in [0.25, 0.3) is 11.8 Å². The summed E-state index contributed by atoms with van der Waals surface area (Å²) in [5.41, 5.74) is 1.77. The number of amides is 2. The van der Waals surface area contributed by atoms with Crippen molar-refractivity contribution in [2.45, 2.75) is 63.7 Å². The molecule has 2 aromatic rings. The van der Waals surface area contributed by atoms with E-state index < -0.39 is 23.2 Å². The number of imide groups is 1. The lowest BCUT2D eigenvalue weighted by molar-refractivity contribution is -0.177. The maximum absolute atomic E-state index is 13.4. The number of benzene rings is 2. The number of fused-ring (bicyclic) bond motifs is 1. The monoisotopic (exact) mass is 405 g/mol. The molecule has 1 aliphatic heterocycles. The molecule has 156 valence electrons. The Labute approximate surface area is 177 Å². The number of carbonyl (C=O) groups excluding carboxylic acids is 3. The van der Waals surface area contributed by atoms with Gasteiger partial charge in [-0.15, -0.1) is 0 Å². The predicted molar refractivity (Wildman–Crippen MR) is 113 cm³/mol. The third-order valence-corrected chi connectivity index (χ3v) is 6.33. The fraction of sp³-hybridized carbons (Fsp3) is 0.400. The average Bonchev–Trinajstić information content (AvgIpc) is 2.99. The summed E-state index contributed by atoms with van der Waals surface area (Å²) in [6, 6.07) is 14.6. The molecule has 0 spiro atoms. The molecule has 0 N–H and O–H groups in total. The van der Waals surface area contributed by atoms with Crippen molar-refractivity contribution in [3.8, 4) is 0 Å². The van der Waals surface area contributed by atoms with Crippen LogP contribution in [-0.2, 0) is 20.5 Å². The van der Waals surface area contributed by atoms with Crippen molar-refractivity contribution in [2.24, 2.45) is 0 Å². The maximum Gasteiger partial charge on any atom is 0.343 e. The van der Waals surface area contributed by atoms with E-state index in [2.05, 4.69) is 32.9 Å². The van der Waals surface area contributed by atoms with E-state index >= 15 is 0 Å². The summed E-state index contributed by atoms with van der Waals surface area (Å²) in [5.74, 6) is -1.70. The summed E-state index contributed by atoms with van der Waals surface area (Å²) in [6.07, 6.45) is 4.15. The van der Waals surface area contributed by atoms with Gasteiger partial charge in [0.2, 0.25) is 0 Å². The molecule has 1 heterocycles. The lowest BCUT2D eigenvalue weighted by Gasteiger charge is -2.36. The Morgan fingerprint density at radius 1 is 0.867 bits per heavy atom. The first-order valence-electron chi connectivity index (χ1n) is 10.6. The minimum absolute atomic E-state index is 0.0128. The van der Waals surface area contributed by atoms with E-state index in [4.69, 9.17) is 4.84 Å². The third kappa shape index (κ3) is 3.32. The Balaban J connectivity index is 1.64. The SMILES string of the molecule is CC(C)(C)c1ccc(C2(C(=O)ON3C(=O)c4ccccc4C3=O)CCCCC2)cc1. The van der Waals surface area contributed by atoms with Gasteiger partial charge in [0, 0.05) is 0 Å². The van der Waals surface area contributed by atoms with E-state index in [9.17, 15) is 14.4 Å². The van der Waals surface area contributed by atoms with Crippen molar-refractivity contribution in [1.82, 2.24) is 5.06 Å². The molecule has 30 heavy (non-hydrogen) atoms. The summed E-state index contributed by atoms with van der Waals surface area (Å²) in [5, 5.41) is 0.632. The minimum atomic E-state index is -0.843. The Morgan fingerprint density at radius 2 is 1.40 bits per heavy atom. The zero-order chi connectivity index (χ0) is 21.5. The Kier molecular flexibility index (Phi) is 5.00. The van der Waals surface area contributed by atoms with Gasteiger partial charge in [0.1, 0.15) is 0 Å². The van der Waals surface area contributed by atoms with E-state index in [0.29, 0.717) is 17.9 Å². The molecular weight excluding hydrogens is 378 g/mol. The molecule has 0 atom stereocenters. The van der Waals surface area contributed by atoms with Crippen LogP contribution in [0.4, 0.5) is 0 Å². The number of hydroxylamine groups is 2. The summed E-state index contributed by atoms with van der Waals surface area (Å²) in [4.78, 5) is 44.2. The van der Waals surface area contributed by atoms with E-state index in [0.717, 1.165) is 24.8 Å². The Hall–Kier alpha value is -2.95. The minimum Gasteiger partial charge on any atom is -0.329 e. The molecule has 1 aliphatic carbocycles. The average molecular weight is 405 g/mol. The molecule has 0 saturated heterocycles. The lowest BCUT2D eigenvalue weighted by Crippen LogP contribution is -2.44.